The van der Waals surface area contributed by atoms with E-state index in [4.69, 9.17) is 5.73 Å². The van der Waals surface area contributed by atoms with E-state index in [-0.39, 0.29) is 5.37 Å². The van der Waals surface area contributed by atoms with Gasteiger partial charge in [-0.25, -0.2) is 4.79 Å². The van der Waals surface area contributed by atoms with Crippen LogP contribution < -0.4 is 11.1 Å². The first kappa shape index (κ1) is 14.9. The van der Waals surface area contributed by atoms with Gasteiger partial charge < -0.3 is 11.1 Å². The highest BCUT2D eigenvalue weighted by atomic mass is 79.9. The number of carbonyl (C=O) groups excluding carboxylic acids is 1. The quantitative estimate of drug-likeness (QED) is 0.640. The van der Waals surface area contributed by atoms with Crippen molar-refractivity contribution >= 4 is 33.7 Å². The summed E-state index contributed by atoms with van der Waals surface area (Å²) in [5, 5.41) is 2.54. The topological polar surface area (TPSA) is 55.1 Å². The molecule has 0 heterocycles. The van der Waals surface area contributed by atoms with Crippen LogP contribution in [0, 0.1) is 6.92 Å². The van der Waals surface area contributed by atoms with Crippen molar-refractivity contribution in [3.63, 3.8) is 0 Å². The van der Waals surface area contributed by atoms with Gasteiger partial charge in [0.25, 0.3) is 0 Å². The second-order valence-corrected chi connectivity index (χ2v) is 6.37. The molecular formula is C15H15BrN2OS. The Morgan fingerprint density at radius 3 is 2.45 bits per heavy atom. The van der Waals surface area contributed by atoms with E-state index < -0.39 is 6.03 Å². The Hall–Kier alpha value is -1.46. The number of benzene rings is 2. The maximum absolute atomic E-state index is 11.2. The third kappa shape index (κ3) is 4.02. The highest BCUT2D eigenvalue weighted by Gasteiger charge is 2.17. The third-order valence-corrected chi connectivity index (χ3v) is 4.61. The van der Waals surface area contributed by atoms with E-state index in [0.29, 0.717) is 0 Å². The maximum atomic E-state index is 11.2. The summed E-state index contributed by atoms with van der Waals surface area (Å²) < 4.78 is 0.943. The average molecular weight is 351 g/mol. The fourth-order valence-corrected chi connectivity index (χ4v) is 3.48. The molecule has 1 atom stereocenters. The van der Waals surface area contributed by atoms with Crippen molar-refractivity contribution < 1.29 is 4.79 Å². The van der Waals surface area contributed by atoms with Crippen LogP contribution in [0.2, 0.25) is 0 Å². The van der Waals surface area contributed by atoms with Crippen LogP contribution in [0.1, 0.15) is 16.5 Å². The second kappa shape index (κ2) is 6.81. The van der Waals surface area contributed by atoms with Gasteiger partial charge in [-0.1, -0.05) is 63.6 Å². The molecule has 0 aromatic heterocycles. The van der Waals surface area contributed by atoms with Crippen LogP contribution in [0.25, 0.3) is 0 Å². The predicted molar refractivity (Wildman–Crippen MR) is 86.6 cm³/mol. The van der Waals surface area contributed by atoms with Crippen molar-refractivity contribution in [2.45, 2.75) is 17.2 Å². The van der Waals surface area contributed by atoms with Gasteiger partial charge in [0.15, 0.2) is 0 Å². The van der Waals surface area contributed by atoms with Gasteiger partial charge in [-0.2, -0.15) is 0 Å². The van der Waals surface area contributed by atoms with Crippen LogP contribution in [0.3, 0.4) is 0 Å². The van der Waals surface area contributed by atoms with Gasteiger partial charge in [0.05, 0.1) is 0 Å². The summed E-state index contributed by atoms with van der Waals surface area (Å²) >= 11 is 5.06. The Morgan fingerprint density at radius 1 is 1.20 bits per heavy atom. The van der Waals surface area contributed by atoms with E-state index in [2.05, 4.69) is 21.2 Å². The first-order valence-corrected chi connectivity index (χ1v) is 7.77. The molecule has 1 unspecified atom stereocenters. The Labute approximate surface area is 131 Å². The monoisotopic (exact) mass is 350 g/mol. The zero-order valence-electron chi connectivity index (χ0n) is 11.0. The van der Waals surface area contributed by atoms with E-state index >= 15 is 0 Å². The lowest BCUT2D eigenvalue weighted by Crippen LogP contribution is -2.31. The molecule has 0 spiro atoms. The van der Waals surface area contributed by atoms with Crippen LogP contribution in [0.5, 0.6) is 0 Å². The van der Waals surface area contributed by atoms with Crippen molar-refractivity contribution in [1.29, 1.82) is 0 Å². The molecule has 104 valence electrons. The third-order valence-electron chi connectivity index (χ3n) is 2.74. The standard InChI is InChI=1S/C15H15BrN2OS/c1-10-6-8-11(9-7-10)20-14(18-15(17)19)12-4-2-3-5-13(12)16/h2-9,14H,1H3,(H3,17,18,19). The molecule has 0 fully saturated rings. The molecule has 5 heteroatoms. The summed E-state index contributed by atoms with van der Waals surface area (Å²) in [5.41, 5.74) is 7.47. The minimum absolute atomic E-state index is 0.231. The fourth-order valence-electron chi connectivity index (χ4n) is 1.74. The molecule has 20 heavy (non-hydrogen) atoms. The smallest absolute Gasteiger partial charge is 0.313 e. The van der Waals surface area contributed by atoms with Crippen LogP contribution in [-0.2, 0) is 0 Å². The minimum Gasteiger partial charge on any atom is -0.352 e. The van der Waals surface area contributed by atoms with Crippen LogP contribution in [0.15, 0.2) is 57.9 Å². The summed E-state index contributed by atoms with van der Waals surface area (Å²) in [6.45, 7) is 2.04. The van der Waals surface area contributed by atoms with Crippen molar-refractivity contribution in [1.82, 2.24) is 5.32 Å². The Balaban J connectivity index is 2.26. The molecular weight excluding hydrogens is 336 g/mol. The highest BCUT2D eigenvalue weighted by Crippen LogP contribution is 2.36. The fraction of sp³-hybridized carbons (Fsp3) is 0.133. The summed E-state index contributed by atoms with van der Waals surface area (Å²) in [6, 6.07) is 15.4. The normalized spacial score (nSPS) is 11.9. The summed E-state index contributed by atoms with van der Waals surface area (Å²) in [6.07, 6.45) is 0. The second-order valence-electron chi connectivity index (χ2n) is 4.34. The van der Waals surface area contributed by atoms with Crippen LogP contribution in [0.4, 0.5) is 4.79 Å². The number of primary amides is 1. The van der Waals surface area contributed by atoms with E-state index in [1.54, 1.807) is 11.8 Å². The molecule has 2 amide bonds. The SMILES string of the molecule is Cc1ccc(SC(NC(N)=O)c2ccccc2Br)cc1. The first-order chi connectivity index (χ1) is 9.56. The molecule has 0 aliphatic heterocycles. The Bertz CT molecular complexity index is 601. The first-order valence-electron chi connectivity index (χ1n) is 6.10. The minimum atomic E-state index is -0.537. The lowest BCUT2D eigenvalue weighted by Gasteiger charge is -2.19. The van der Waals surface area contributed by atoms with Gasteiger partial charge in [-0.05, 0) is 30.7 Å². The van der Waals surface area contributed by atoms with E-state index in [1.165, 1.54) is 5.56 Å². The molecule has 2 rings (SSSR count). The summed E-state index contributed by atoms with van der Waals surface area (Å²) in [5.74, 6) is 0. The number of thioether (sulfide) groups is 1. The highest BCUT2D eigenvalue weighted by molar-refractivity contribution is 9.10. The van der Waals surface area contributed by atoms with E-state index in [1.807, 2.05) is 55.5 Å². The average Bonchev–Trinajstić information content (AvgIpc) is 2.41. The van der Waals surface area contributed by atoms with E-state index in [9.17, 15) is 4.79 Å². The van der Waals surface area contributed by atoms with Crippen molar-refractivity contribution in [3.05, 3.63) is 64.1 Å². The zero-order valence-corrected chi connectivity index (χ0v) is 13.4. The number of carbonyl (C=O) groups is 1. The number of rotatable bonds is 4. The van der Waals surface area contributed by atoms with Gasteiger partial charge in [-0.15, -0.1) is 0 Å². The number of urea groups is 1. The van der Waals surface area contributed by atoms with Gasteiger partial charge in [0.1, 0.15) is 5.37 Å². The van der Waals surface area contributed by atoms with Crippen LogP contribution >= 0.6 is 27.7 Å². The zero-order chi connectivity index (χ0) is 14.5. The lowest BCUT2D eigenvalue weighted by atomic mass is 10.2. The molecule has 0 aliphatic rings. The van der Waals surface area contributed by atoms with Gasteiger partial charge in [0, 0.05) is 9.37 Å². The number of nitrogens with two attached hydrogens (primary N) is 1. The summed E-state index contributed by atoms with van der Waals surface area (Å²) in [7, 11) is 0. The Morgan fingerprint density at radius 2 is 1.85 bits per heavy atom. The molecule has 0 saturated carbocycles. The largest absolute Gasteiger partial charge is 0.352 e. The molecule has 3 N–H and O–H groups in total. The number of amides is 2. The molecule has 0 saturated heterocycles. The van der Waals surface area contributed by atoms with Gasteiger partial charge in [0.2, 0.25) is 0 Å². The van der Waals surface area contributed by atoms with E-state index in [0.717, 1.165) is 14.9 Å². The number of aryl methyl sites for hydroxylation is 1. The van der Waals surface area contributed by atoms with Crippen molar-refractivity contribution in [2.24, 2.45) is 5.73 Å². The summed E-state index contributed by atoms with van der Waals surface area (Å²) in [4.78, 5) is 12.3. The molecule has 2 aromatic rings. The van der Waals surface area contributed by atoms with Crippen molar-refractivity contribution in [3.8, 4) is 0 Å². The number of hydrogen-bond donors (Lipinski definition) is 2. The molecule has 0 aliphatic carbocycles. The lowest BCUT2D eigenvalue weighted by molar-refractivity contribution is 0.248. The Kier molecular flexibility index (Phi) is 5.09. The molecule has 0 radical (unpaired) electrons. The van der Waals surface area contributed by atoms with Crippen LogP contribution in [-0.4, -0.2) is 6.03 Å². The van der Waals surface area contributed by atoms with Gasteiger partial charge >= 0.3 is 6.03 Å². The molecule has 2 aromatic carbocycles. The number of hydrogen-bond acceptors (Lipinski definition) is 2. The molecule has 0 bridgehead atoms. The van der Waals surface area contributed by atoms with Crippen molar-refractivity contribution in [2.75, 3.05) is 0 Å². The van der Waals surface area contributed by atoms with Gasteiger partial charge in [-0.3, -0.25) is 0 Å². The number of nitrogens with one attached hydrogen (secondary N) is 1. The maximum Gasteiger partial charge on any atom is 0.313 e. The number of halogens is 1. The predicted octanol–water partition coefficient (Wildman–Crippen LogP) is 4.22. The molecule has 3 nitrogen and oxygen atoms in total.